The largest absolute Gasteiger partial charge is 0.359 e. The van der Waals surface area contributed by atoms with Crippen molar-refractivity contribution in [2.75, 3.05) is 6.54 Å². The first-order valence-electron chi connectivity index (χ1n) is 6.33. The van der Waals surface area contributed by atoms with Crippen molar-refractivity contribution < 1.29 is 4.79 Å². The lowest BCUT2D eigenvalue weighted by molar-refractivity contribution is -0.130. The van der Waals surface area contributed by atoms with Crippen LogP contribution in [0.2, 0.25) is 0 Å². The predicted molar refractivity (Wildman–Crippen MR) is 75.2 cm³/mol. The molecule has 1 heterocycles. The van der Waals surface area contributed by atoms with Gasteiger partial charge in [-0.05, 0) is 39.5 Å². The first kappa shape index (κ1) is 14.5. The van der Waals surface area contributed by atoms with Gasteiger partial charge >= 0.3 is 0 Å². The van der Waals surface area contributed by atoms with Crippen LogP contribution in [0.4, 0.5) is 0 Å². The fourth-order valence-electron chi connectivity index (χ4n) is 1.81. The molecular formula is C14H23N3O. The molecule has 0 aromatic heterocycles. The number of hydrogen-bond acceptors (Lipinski definition) is 3. The van der Waals surface area contributed by atoms with Gasteiger partial charge in [-0.25, -0.2) is 4.99 Å². The number of carbonyl (C=O) groups excluding carboxylic acids is 1. The predicted octanol–water partition coefficient (Wildman–Crippen LogP) is 2.30. The number of allylic oxidation sites excluding steroid dienone is 2. The molecule has 1 N–H and O–H groups in total. The minimum absolute atomic E-state index is 0.0696. The van der Waals surface area contributed by atoms with E-state index in [-0.39, 0.29) is 18.5 Å². The van der Waals surface area contributed by atoms with E-state index < -0.39 is 0 Å². The van der Waals surface area contributed by atoms with E-state index in [1.165, 1.54) is 5.57 Å². The van der Waals surface area contributed by atoms with Gasteiger partial charge in [0.2, 0.25) is 5.91 Å². The summed E-state index contributed by atoms with van der Waals surface area (Å²) in [5, 5.41) is 3.01. The number of aliphatic imine (C=N–C) groups is 1. The van der Waals surface area contributed by atoms with E-state index in [0.717, 1.165) is 5.70 Å². The maximum Gasteiger partial charge on any atom is 0.246 e. The van der Waals surface area contributed by atoms with Crippen molar-refractivity contribution in [2.24, 2.45) is 10.9 Å². The van der Waals surface area contributed by atoms with Crippen LogP contribution in [0.1, 0.15) is 34.6 Å². The Labute approximate surface area is 109 Å². The molecule has 0 saturated heterocycles. The van der Waals surface area contributed by atoms with Crippen LogP contribution >= 0.6 is 0 Å². The van der Waals surface area contributed by atoms with Crippen molar-refractivity contribution >= 4 is 12.6 Å². The lowest BCUT2D eigenvalue weighted by Crippen LogP contribution is -2.46. The maximum atomic E-state index is 12.0. The molecule has 1 aliphatic heterocycles. The lowest BCUT2D eigenvalue weighted by Gasteiger charge is -2.33. The molecule has 1 aliphatic rings. The average Bonchev–Trinajstić information content (AvgIpc) is 2.28. The molecule has 0 aromatic rings. The Hall–Kier alpha value is -1.58. The Balaban J connectivity index is 3.27. The third-order valence-electron chi connectivity index (χ3n) is 3.13. The minimum Gasteiger partial charge on any atom is -0.359 e. The molecule has 0 radical (unpaired) electrons. The van der Waals surface area contributed by atoms with Crippen LogP contribution in [0.15, 0.2) is 28.2 Å². The van der Waals surface area contributed by atoms with E-state index in [9.17, 15) is 4.79 Å². The van der Waals surface area contributed by atoms with E-state index >= 15 is 0 Å². The van der Waals surface area contributed by atoms with Crippen molar-refractivity contribution in [3.05, 3.63) is 23.2 Å². The normalized spacial score (nSPS) is 17.6. The van der Waals surface area contributed by atoms with E-state index in [2.05, 4.69) is 37.8 Å². The van der Waals surface area contributed by atoms with Gasteiger partial charge < -0.3 is 10.2 Å². The molecule has 0 atom stereocenters. The quantitative estimate of drug-likeness (QED) is 0.777. The molecule has 1 amide bonds. The van der Waals surface area contributed by atoms with E-state index in [4.69, 9.17) is 0 Å². The third kappa shape index (κ3) is 3.00. The van der Waals surface area contributed by atoms with Gasteiger partial charge in [0.05, 0.1) is 12.2 Å². The Morgan fingerprint density at radius 3 is 2.50 bits per heavy atom. The molecule has 0 bridgehead atoms. The monoisotopic (exact) mass is 249 g/mol. The van der Waals surface area contributed by atoms with Crippen LogP contribution in [0.25, 0.3) is 0 Å². The van der Waals surface area contributed by atoms with Crippen LogP contribution in [-0.2, 0) is 4.79 Å². The van der Waals surface area contributed by atoms with Gasteiger partial charge in [0.25, 0.3) is 0 Å². The molecule has 0 aromatic carbocycles. The summed E-state index contributed by atoms with van der Waals surface area (Å²) in [5.74, 6) is 1.19. The summed E-state index contributed by atoms with van der Waals surface area (Å²) in [6.07, 6.45) is 2.03. The molecule has 0 fully saturated rings. The fourth-order valence-corrected chi connectivity index (χ4v) is 1.81. The van der Waals surface area contributed by atoms with Gasteiger partial charge in [-0.2, -0.15) is 0 Å². The van der Waals surface area contributed by atoms with E-state index in [0.29, 0.717) is 11.7 Å². The van der Waals surface area contributed by atoms with Crippen molar-refractivity contribution in [1.82, 2.24) is 10.2 Å². The summed E-state index contributed by atoms with van der Waals surface area (Å²) < 4.78 is 0. The number of nitrogens with zero attached hydrogens (tertiary/aromatic N) is 2. The zero-order chi connectivity index (χ0) is 13.9. The molecule has 4 heteroatoms. The average molecular weight is 249 g/mol. The van der Waals surface area contributed by atoms with Crippen molar-refractivity contribution in [2.45, 2.75) is 40.7 Å². The van der Waals surface area contributed by atoms with E-state index in [1.54, 1.807) is 4.90 Å². The first-order chi connectivity index (χ1) is 8.38. The summed E-state index contributed by atoms with van der Waals surface area (Å²) in [5.41, 5.74) is 2.04. The van der Waals surface area contributed by atoms with Crippen LogP contribution in [0.3, 0.4) is 0 Å². The second-order valence-corrected chi connectivity index (χ2v) is 5.15. The highest BCUT2D eigenvalue weighted by Crippen LogP contribution is 2.22. The smallest absolute Gasteiger partial charge is 0.246 e. The molecule has 0 spiro atoms. The molecule has 4 nitrogen and oxygen atoms in total. The van der Waals surface area contributed by atoms with Gasteiger partial charge in [-0.3, -0.25) is 4.79 Å². The standard InChI is InChI=1S/C14H23N3O/c1-9(2)11(5)7-12-14(15-6)16-8-13(18)17(12)10(3)4/h7,9-10,16H,6,8H2,1-5H3/b11-7+. The Morgan fingerprint density at radius 1 is 1.44 bits per heavy atom. The summed E-state index contributed by atoms with van der Waals surface area (Å²) >= 11 is 0. The highest BCUT2D eigenvalue weighted by Gasteiger charge is 2.27. The number of hydrogen-bond donors (Lipinski definition) is 1. The molecular weight excluding hydrogens is 226 g/mol. The second kappa shape index (κ2) is 5.85. The van der Waals surface area contributed by atoms with Crippen LogP contribution in [-0.4, -0.2) is 30.1 Å². The van der Waals surface area contributed by atoms with Crippen molar-refractivity contribution in [3.8, 4) is 0 Å². The third-order valence-corrected chi connectivity index (χ3v) is 3.13. The van der Waals surface area contributed by atoms with Gasteiger partial charge in [-0.1, -0.05) is 19.4 Å². The second-order valence-electron chi connectivity index (χ2n) is 5.15. The summed E-state index contributed by atoms with van der Waals surface area (Å²) in [6, 6.07) is 0.113. The van der Waals surface area contributed by atoms with Crippen LogP contribution in [0, 0.1) is 5.92 Å². The summed E-state index contributed by atoms with van der Waals surface area (Å²) in [7, 11) is 0. The Morgan fingerprint density at radius 2 is 2.06 bits per heavy atom. The van der Waals surface area contributed by atoms with Crippen LogP contribution in [0.5, 0.6) is 0 Å². The van der Waals surface area contributed by atoms with Gasteiger partial charge in [0, 0.05) is 6.04 Å². The zero-order valence-electron chi connectivity index (χ0n) is 11.9. The number of nitrogens with one attached hydrogen (secondary N) is 1. The summed E-state index contributed by atoms with van der Waals surface area (Å²) in [6.45, 7) is 14.2. The minimum atomic E-state index is 0.0696. The first-order valence-corrected chi connectivity index (χ1v) is 6.33. The molecule has 1 rings (SSSR count). The summed E-state index contributed by atoms with van der Waals surface area (Å²) in [4.78, 5) is 17.8. The SMILES string of the molecule is C=NC1=C(/C=C(\C)C(C)C)N(C(C)C)C(=O)CN1. The van der Waals surface area contributed by atoms with E-state index in [1.807, 2.05) is 19.9 Å². The fraction of sp³-hybridized carbons (Fsp3) is 0.571. The number of amides is 1. The lowest BCUT2D eigenvalue weighted by atomic mass is 10.0. The Kier molecular flexibility index (Phi) is 4.70. The number of rotatable bonds is 4. The number of carbonyl (C=O) groups is 1. The topological polar surface area (TPSA) is 44.7 Å². The molecule has 0 unspecified atom stereocenters. The maximum absolute atomic E-state index is 12.0. The molecule has 0 saturated carbocycles. The zero-order valence-corrected chi connectivity index (χ0v) is 11.9. The van der Waals surface area contributed by atoms with Crippen LogP contribution < -0.4 is 5.32 Å². The van der Waals surface area contributed by atoms with Gasteiger partial charge in [-0.15, -0.1) is 0 Å². The highest BCUT2D eigenvalue weighted by atomic mass is 16.2. The van der Waals surface area contributed by atoms with Crippen molar-refractivity contribution in [3.63, 3.8) is 0 Å². The molecule has 0 aliphatic carbocycles. The van der Waals surface area contributed by atoms with Crippen molar-refractivity contribution in [1.29, 1.82) is 0 Å². The highest BCUT2D eigenvalue weighted by molar-refractivity contribution is 5.82. The van der Waals surface area contributed by atoms with Gasteiger partial charge in [0.1, 0.15) is 5.82 Å². The molecule has 100 valence electrons. The molecule has 18 heavy (non-hydrogen) atoms. The van der Waals surface area contributed by atoms with Gasteiger partial charge in [0.15, 0.2) is 0 Å². The Bertz CT molecular complexity index is 405.